The third-order valence-electron chi connectivity index (χ3n) is 4.47. The van der Waals surface area contributed by atoms with Gasteiger partial charge in [-0.05, 0) is 59.2 Å². The lowest BCUT2D eigenvalue weighted by Gasteiger charge is -2.13. The molecule has 0 bridgehead atoms. The second-order valence-corrected chi connectivity index (χ2v) is 6.33. The Morgan fingerprint density at radius 3 is 2.50 bits per heavy atom. The van der Waals surface area contributed by atoms with Crippen LogP contribution in [0.1, 0.15) is 46.7 Å². The van der Waals surface area contributed by atoms with E-state index in [1.807, 2.05) is 19.1 Å². The zero-order valence-corrected chi connectivity index (χ0v) is 15.9. The van der Waals surface area contributed by atoms with E-state index in [9.17, 15) is 0 Å². The molecule has 0 fully saturated rings. The SMILES string of the molecule is C=Cc1cc(/C=C\C)c(C=C)c(Cc2cccc(CCC(=C)OC)c2)c1. The minimum atomic E-state index is 0.819. The molecule has 2 aromatic carbocycles. The van der Waals surface area contributed by atoms with Crippen LogP contribution in [0, 0.1) is 0 Å². The number of ether oxygens (including phenoxy) is 1. The van der Waals surface area contributed by atoms with Crippen molar-refractivity contribution in [1.82, 2.24) is 0 Å². The number of hydrogen-bond acceptors (Lipinski definition) is 1. The maximum Gasteiger partial charge on any atom is 0.0887 e. The van der Waals surface area contributed by atoms with Crippen LogP contribution in [-0.4, -0.2) is 7.11 Å². The van der Waals surface area contributed by atoms with E-state index in [0.717, 1.165) is 30.6 Å². The number of allylic oxidation sites excluding steroid dienone is 2. The van der Waals surface area contributed by atoms with E-state index in [0.29, 0.717) is 0 Å². The van der Waals surface area contributed by atoms with Gasteiger partial charge in [-0.25, -0.2) is 0 Å². The summed E-state index contributed by atoms with van der Waals surface area (Å²) >= 11 is 0. The summed E-state index contributed by atoms with van der Waals surface area (Å²) in [7, 11) is 1.67. The highest BCUT2D eigenvalue weighted by molar-refractivity contribution is 5.71. The van der Waals surface area contributed by atoms with Gasteiger partial charge in [-0.1, -0.05) is 74.4 Å². The van der Waals surface area contributed by atoms with Crippen molar-refractivity contribution in [2.75, 3.05) is 7.11 Å². The lowest BCUT2D eigenvalue weighted by Crippen LogP contribution is -1.97. The first-order valence-corrected chi connectivity index (χ1v) is 8.95. The summed E-state index contributed by atoms with van der Waals surface area (Å²) < 4.78 is 5.17. The Kier molecular flexibility index (Phi) is 7.23. The molecule has 0 saturated heterocycles. The Morgan fingerprint density at radius 2 is 1.85 bits per heavy atom. The highest BCUT2D eigenvalue weighted by Crippen LogP contribution is 2.24. The van der Waals surface area contributed by atoms with E-state index in [2.05, 4.69) is 68.3 Å². The van der Waals surface area contributed by atoms with Gasteiger partial charge < -0.3 is 4.74 Å². The van der Waals surface area contributed by atoms with Crippen molar-refractivity contribution in [2.24, 2.45) is 0 Å². The summed E-state index contributed by atoms with van der Waals surface area (Å²) in [6.07, 6.45) is 10.7. The smallest absolute Gasteiger partial charge is 0.0887 e. The van der Waals surface area contributed by atoms with Gasteiger partial charge >= 0.3 is 0 Å². The fourth-order valence-corrected chi connectivity index (χ4v) is 3.09. The molecule has 1 heteroatoms. The van der Waals surface area contributed by atoms with Crippen LogP contribution in [0.3, 0.4) is 0 Å². The fraction of sp³-hybridized carbons (Fsp3) is 0.200. The average Bonchev–Trinajstić information content (AvgIpc) is 2.66. The molecule has 0 aliphatic heterocycles. The first-order valence-electron chi connectivity index (χ1n) is 8.95. The van der Waals surface area contributed by atoms with E-state index in [1.165, 1.54) is 27.8 Å². The lowest BCUT2D eigenvalue weighted by atomic mass is 9.92. The Hall–Kier alpha value is -2.80. The van der Waals surface area contributed by atoms with E-state index in [-0.39, 0.29) is 0 Å². The predicted octanol–water partition coefficient (Wildman–Crippen LogP) is 6.69. The van der Waals surface area contributed by atoms with Gasteiger partial charge in [-0.2, -0.15) is 0 Å². The summed E-state index contributed by atoms with van der Waals surface area (Å²) in [6.45, 7) is 13.9. The van der Waals surface area contributed by atoms with Crippen LogP contribution in [0.2, 0.25) is 0 Å². The van der Waals surface area contributed by atoms with Crippen molar-refractivity contribution >= 4 is 18.2 Å². The Morgan fingerprint density at radius 1 is 1.08 bits per heavy atom. The summed E-state index contributed by atoms with van der Waals surface area (Å²) in [4.78, 5) is 0. The Labute approximate surface area is 158 Å². The van der Waals surface area contributed by atoms with E-state index in [4.69, 9.17) is 4.74 Å². The van der Waals surface area contributed by atoms with Crippen molar-refractivity contribution in [3.63, 3.8) is 0 Å². The molecule has 2 rings (SSSR count). The van der Waals surface area contributed by atoms with Gasteiger partial charge in [0.25, 0.3) is 0 Å². The predicted molar refractivity (Wildman–Crippen MR) is 115 cm³/mol. The minimum absolute atomic E-state index is 0.819. The third-order valence-corrected chi connectivity index (χ3v) is 4.47. The topological polar surface area (TPSA) is 9.23 Å². The lowest BCUT2D eigenvalue weighted by molar-refractivity contribution is 0.279. The molecule has 0 aromatic heterocycles. The minimum Gasteiger partial charge on any atom is -0.502 e. The third kappa shape index (κ3) is 5.10. The molecule has 0 heterocycles. The molecule has 0 spiro atoms. The van der Waals surface area contributed by atoms with Crippen LogP contribution < -0.4 is 0 Å². The Balaban J connectivity index is 2.32. The van der Waals surface area contributed by atoms with Gasteiger partial charge in [0, 0.05) is 6.42 Å². The highest BCUT2D eigenvalue weighted by Gasteiger charge is 2.08. The zero-order chi connectivity index (χ0) is 18.9. The first-order chi connectivity index (χ1) is 12.6. The summed E-state index contributed by atoms with van der Waals surface area (Å²) in [5, 5.41) is 0. The molecule has 0 saturated carbocycles. The molecule has 0 radical (unpaired) electrons. The maximum absolute atomic E-state index is 5.17. The molecule has 2 aromatic rings. The van der Waals surface area contributed by atoms with Crippen LogP contribution >= 0.6 is 0 Å². The zero-order valence-electron chi connectivity index (χ0n) is 15.9. The van der Waals surface area contributed by atoms with Gasteiger partial charge in [0.15, 0.2) is 0 Å². The van der Waals surface area contributed by atoms with Crippen LogP contribution in [0.15, 0.2) is 68.0 Å². The molecule has 134 valence electrons. The second-order valence-electron chi connectivity index (χ2n) is 6.33. The van der Waals surface area contributed by atoms with Gasteiger partial charge in [0.05, 0.1) is 12.9 Å². The van der Waals surface area contributed by atoms with E-state index < -0.39 is 0 Å². The monoisotopic (exact) mass is 344 g/mol. The number of rotatable bonds is 9. The van der Waals surface area contributed by atoms with Crippen LogP contribution in [-0.2, 0) is 17.6 Å². The molecule has 1 nitrogen and oxygen atoms in total. The molecular weight excluding hydrogens is 316 g/mol. The molecule has 26 heavy (non-hydrogen) atoms. The van der Waals surface area contributed by atoms with Crippen LogP contribution in [0.25, 0.3) is 18.2 Å². The number of methoxy groups -OCH3 is 1. The Bertz CT molecular complexity index is 824. The van der Waals surface area contributed by atoms with Crippen molar-refractivity contribution in [3.05, 3.63) is 101 Å². The van der Waals surface area contributed by atoms with Crippen LogP contribution in [0.5, 0.6) is 0 Å². The van der Waals surface area contributed by atoms with E-state index >= 15 is 0 Å². The summed E-state index contributed by atoms with van der Waals surface area (Å²) in [5.41, 5.74) is 7.36. The van der Waals surface area contributed by atoms with Crippen molar-refractivity contribution in [2.45, 2.75) is 26.2 Å². The quantitative estimate of drug-likeness (QED) is 0.460. The van der Waals surface area contributed by atoms with Crippen molar-refractivity contribution in [3.8, 4) is 0 Å². The van der Waals surface area contributed by atoms with Gasteiger partial charge in [0.1, 0.15) is 0 Å². The number of benzene rings is 2. The largest absolute Gasteiger partial charge is 0.502 e. The summed E-state index contributed by atoms with van der Waals surface area (Å²) in [5.74, 6) is 0.819. The molecule has 0 unspecified atom stereocenters. The standard InChI is InChI=1S/C25H28O/c1-6-10-23-16-20(7-2)17-24(25(23)8-3)18-22-12-9-11-21(15-22)14-13-19(4)26-5/h6-12,15-17H,2-4,13-14,18H2,1,5H3/b10-6-. The molecule has 0 aliphatic carbocycles. The van der Waals surface area contributed by atoms with Gasteiger partial charge in [-0.3, -0.25) is 0 Å². The van der Waals surface area contributed by atoms with Crippen molar-refractivity contribution < 1.29 is 4.74 Å². The van der Waals surface area contributed by atoms with Crippen LogP contribution in [0.4, 0.5) is 0 Å². The van der Waals surface area contributed by atoms with Gasteiger partial charge in [-0.15, -0.1) is 0 Å². The average molecular weight is 344 g/mol. The second kappa shape index (κ2) is 9.62. The number of aryl methyl sites for hydroxylation is 1. The summed E-state index contributed by atoms with van der Waals surface area (Å²) in [6, 6.07) is 13.1. The molecule has 0 aliphatic rings. The maximum atomic E-state index is 5.17. The van der Waals surface area contributed by atoms with E-state index in [1.54, 1.807) is 7.11 Å². The molecule has 0 atom stereocenters. The normalized spacial score (nSPS) is 10.7. The molecular formula is C25H28O. The number of hydrogen-bond donors (Lipinski definition) is 0. The van der Waals surface area contributed by atoms with Crippen molar-refractivity contribution in [1.29, 1.82) is 0 Å². The molecule has 0 amide bonds. The highest BCUT2D eigenvalue weighted by atomic mass is 16.5. The fourth-order valence-electron chi connectivity index (χ4n) is 3.09. The van der Waals surface area contributed by atoms with Gasteiger partial charge in [0.2, 0.25) is 0 Å². The molecule has 0 N–H and O–H groups in total. The first kappa shape index (κ1) is 19.5.